The van der Waals surface area contributed by atoms with Crippen molar-refractivity contribution in [3.8, 4) is 0 Å². The normalized spacial score (nSPS) is 11.1. The fourth-order valence-corrected chi connectivity index (χ4v) is 1.59. The summed E-state index contributed by atoms with van der Waals surface area (Å²) in [6.45, 7) is 1.98. The van der Waals surface area contributed by atoms with Crippen LogP contribution < -0.4 is 5.73 Å². The molecule has 102 valence electrons. The smallest absolute Gasteiger partial charge is 0.338 e. The molecule has 0 spiro atoms. The summed E-state index contributed by atoms with van der Waals surface area (Å²) < 4.78 is 4.91. The van der Waals surface area contributed by atoms with Gasteiger partial charge in [-0.25, -0.2) is 4.79 Å². The molecule has 0 amide bonds. The van der Waals surface area contributed by atoms with E-state index in [0.29, 0.717) is 11.1 Å². The van der Waals surface area contributed by atoms with Crippen LogP contribution in [-0.2, 0) is 16.0 Å². The van der Waals surface area contributed by atoms with Crippen LogP contribution >= 0.6 is 0 Å². The Balaban J connectivity index is 2.83. The monoisotopic (exact) mass is 264 g/mol. The van der Waals surface area contributed by atoms with E-state index < -0.39 is 5.97 Å². The second-order valence-electron chi connectivity index (χ2n) is 3.86. The molecule has 1 aromatic rings. The topological polar surface area (TPSA) is 102 Å². The molecule has 0 aromatic heterocycles. The van der Waals surface area contributed by atoms with Crippen molar-refractivity contribution in [3.63, 3.8) is 0 Å². The number of nitrogens with two attached hydrogens (primary N) is 1. The van der Waals surface area contributed by atoms with E-state index in [1.165, 1.54) is 0 Å². The second-order valence-corrected chi connectivity index (χ2v) is 3.86. The van der Waals surface area contributed by atoms with Crippen LogP contribution in [0.5, 0.6) is 0 Å². The number of Topliss-reactive ketones (excluding diaryl/α,β-unsaturated/α-hetero) is 1. The van der Waals surface area contributed by atoms with E-state index in [0.717, 1.165) is 0 Å². The predicted molar refractivity (Wildman–Crippen MR) is 69.1 cm³/mol. The van der Waals surface area contributed by atoms with Crippen molar-refractivity contribution in [1.82, 2.24) is 0 Å². The summed E-state index contributed by atoms with van der Waals surface area (Å²) in [6.07, 6.45) is -0.126. The standard InChI is InChI=1S/C13H16N2O4/c1-2-19-13(17)11-6-4-3-5-9(11)7-10(16)8-12(14)15-18/h3-6,18H,2,7-8H2,1H3,(H2,14,15). The van der Waals surface area contributed by atoms with Crippen LogP contribution in [0.2, 0.25) is 0 Å². The van der Waals surface area contributed by atoms with Crippen molar-refractivity contribution in [3.05, 3.63) is 35.4 Å². The molecule has 19 heavy (non-hydrogen) atoms. The van der Waals surface area contributed by atoms with E-state index in [-0.39, 0.29) is 31.1 Å². The molecule has 0 fully saturated rings. The van der Waals surface area contributed by atoms with Gasteiger partial charge >= 0.3 is 5.97 Å². The van der Waals surface area contributed by atoms with Crippen LogP contribution in [0, 0.1) is 0 Å². The molecule has 1 rings (SSSR count). The zero-order chi connectivity index (χ0) is 14.3. The van der Waals surface area contributed by atoms with Gasteiger partial charge in [0.25, 0.3) is 0 Å². The first kappa shape index (κ1) is 14.7. The number of rotatable bonds is 6. The van der Waals surface area contributed by atoms with Crippen LogP contribution in [0.25, 0.3) is 0 Å². The van der Waals surface area contributed by atoms with E-state index in [4.69, 9.17) is 15.7 Å². The highest BCUT2D eigenvalue weighted by Crippen LogP contribution is 2.12. The third kappa shape index (κ3) is 4.42. The first-order valence-electron chi connectivity index (χ1n) is 5.81. The van der Waals surface area contributed by atoms with Crippen LogP contribution in [0.4, 0.5) is 0 Å². The van der Waals surface area contributed by atoms with Gasteiger partial charge in [-0.05, 0) is 18.6 Å². The molecule has 0 atom stereocenters. The van der Waals surface area contributed by atoms with Crippen molar-refractivity contribution in [1.29, 1.82) is 0 Å². The molecule has 6 nitrogen and oxygen atoms in total. The molecule has 0 radical (unpaired) electrons. The second kappa shape index (κ2) is 7.15. The lowest BCUT2D eigenvalue weighted by atomic mass is 10.0. The van der Waals surface area contributed by atoms with Crippen molar-refractivity contribution in [2.24, 2.45) is 10.9 Å². The number of ether oxygens (including phenoxy) is 1. The maximum atomic E-state index is 11.7. The van der Waals surface area contributed by atoms with Gasteiger partial charge in [0.05, 0.1) is 18.6 Å². The lowest BCUT2D eigenvalue weighted by Crippen LogP contribution is -2.19. The van der Waals surface area contributed by atoms with Crippen molar-refractivity contribution < 1.29 is 19.5 Å². The Bertz CT molecular complexity index is 497. The lowest BCUT2D eigenvalue weighted by Gasteiger charge is -2.07. The van der Waals surface area contributed by atoms with Gasteiger partial charge < -0.3 is 15.7 Å². The Morgan fingerprint density at radius 2 is 2.05 bits per heavy atom. The fraction of sp³-hybridized carbons (Fsp3) is 0.308. The molecular weight excluding hydrogens is 248 g/mol. The van der Waals surface area contributed by atoms with Gasteiger partial charge in [-0.3, -0.25) is 4.79 Å². The number of carbonyl (C=O) groups excluding carboxylic acids is 2. The summed E-state index contributed by atoms with van der Waals surface area (Å²) >= 11 is 0. The molecule has 0 aliphatic heterocycles. The molecule has 3 N–H and O–H groups in total. The first-order valence-corrected chi connectivity index (χ1v) is 5.81. The minimum absolute atomic E-state index is 0.0329. The van der Waals surface area contributed by atoms with E-state index in [2.05, 4.69) is 5.16 Å². The van der Waals surface area contributed by atoms with Gasteiger partial charge in [-0.1, -0.05) is 23.4 Å². The Morgan fingerprint density at radius 3 is 2.68 bits per heavy atom. The number of oxime groups is 1. The van der Waals surface area contributed by atoms with E-state index in [9.17, 15) is 9.59 Å². The van der Waals surface area contributed by atoms with E-state index in [1.807, 2.05) is 0 Å². The average molecular weight is 264 g/mol. The number of ketones is 1. The molecule has 0 aliphatic carbocycles. The van der Waals surface area contributed by atoms with Crippen molar-refractivity contribution in [2.75, 3.05) is 6.61 Å². The summed E-state index contributed by atoms with van der Waals surface area (Å²) in [6, 6.07) is 6.71. The largest absolute Gasteiger partial charge is 0.462 e. The Kier molecular flexibility index (Phi) is 5.53. The van der Waals surface area contributed by atoms with Gasteiger partial charge in [0, 0.05) is 6.42 Å². The Morgan fingerprint density at radius 1 is 1.37 bits per heavy atom. The van der Waals surface area contributed by atoms with Gasteiger partial charge in [0.1, 0.15) is 11.6 Å². The van der Waals surface area contributed by atoms with Crippen LogP contribution in [0.15, 0.2) is 29.4 Å². The molecule has 6 heteroatoms. The predicted octanol–water partition coefficient (Wildman–Crippen LogP) is 1.11. The van der Waals surface area contributed by atoms with Gasteiger partial charge in [0.15, 0.2) is 0 Å². The first-order chi connectivity index (χ1) is 9.08. The number of esters is 1. The molecule has 0 heterocycles. The quantitative estimate of drug-likeness (QED) is 0.263. The van der Waals surface area contributed by atoms with Crippen LogP contribution in [-0.4, -0.2) is 29.4 Å². The molecule has 0 saturated heterocycles. The minimum atomic E-state index is -0.463. The number of hydrogen-bond donors (Lipinski definition) is 2. The average Bonchev–Trinajstić information content (AvgIpc) is 2.39. The van der Waals surface area contributed by atoms with Crippen LogP contribution in [0.3, 0.4) is 0 Å². The number of hydrogen-bond acceptors (Lipinski definition) is 5. The SMILES string of the molecule is CCOC(=O)c1ccccc1CC(=O)C/C(N)=N/O. The summed E-state index contributed by atoms with van der Waals surface area (Å²) in [5.74, 6) is -0.861. The van der Waals surface area contributed by atoms with E-state index in [1.54, 1.807) is 31.2 Å². The number of nitrogens with zero attached hydrogens (tertiary/aromatic N) is 1. The summed E-state index contributed by atoms with van der Waals surface area (Å²) in [5.41, 5.74) is 6.19. The third-order valence-corrected chi connectivity index (χ3v) is 2.41. The zero-order valence-electron chi connectivity index (χ0n) is 10.6. The Hall–Kier alpha value is -2.37. The van der Waals surface area contributed by atoms with Gasteiger partial charge in [-0.15, -0.1) is 0 Å². The molecule has 0 bridgehead atoms. The van der Waals surface area contributed by atoms with Crippen molar-refractivity contribution >= 4 is 17.6 Å². The highest BCUT2D eigenvalue weighted by Gasteiger charge is 2.15. The number of amidine groups is 1. The fourth-order valence-electron chi connectivity index (χ4n) is 1.59. The molecule has 0 unspecified atom stereocenters. The summed E-state index contributed by atoms with van der Waals surface area (Å²) in [5, 5.41) is 11.1. The molecule has 1 aromatic carbocycles. The van der Waals surface area contributed by atoms with Gasteiger partial charge in [0.2, 0.25) is 0 Å². The van der Waals surface area contributed by atoms with Crippen LogP contribution in [0.1, 0.15) is 29.3 Å². The molecular formula is C13H16N2O4. The number of benzene rings is 1. The Labute approximate surface area is 110 Å². The highest BCUT2D eigenvalue weighted by atomic mass is 16.5. The summed E-state index contributed by atoms with van der Waals surface area (Å²) in [7, 11) is 0. The minimum Gasteiger partial charge on any atom is -0.462 e. The van der Waals surface area contributed by atoms with Gasteiger partial charge in [-0.2, -0.15) is 0 Å². The molecule has 0 saturated carbocycles. The lowest BCUT2D eigenvalue weighted by molar-refractivity contribution is -0.117. The molecule has 0 aliphatic rings. The maximum Gasteiger partial charge on any atom is 0.338 e. The zero-order valence-corrected chi connectivity index (χ0v) is 10.6. The maximum absolute atomic E-state index is 11.7. The number of carbonyl (C=O) groups is 2. The third-order valence-electron chi connectivity index (χ3n) is 2.41. The van der Waals surface area contributed by atoms with E-state index >= 15 is 0 Å². The van der Waals surface area contributed by atoms with Crippen molar-refractivity contribution in [2.45, 2.75) is 19.8 Å². The highest BCUT2D eigenvalue weighted by molar-refractivity contribution is 6.01. The summed E-state index contributed by atoms with van der Waals surface area (Å²) in [4.78, 5) is 23.4.